The van der Waals surface area contributed by atoms with Crippen molar-refractivity contribution in [3.8, 4) is 0 Å². The number of carbonyl (C=O) groups is 1. The Bertz CT molecular complexity index is 428. The van der Waals surface area contributed by atoms with Gasteiger partial charge in [-0.3, -0.25) is 4.79 Å². The van der Waals surface area contributed by atoms with Crippen LogP contribution in [0.3, 0.4) is 0 Å². The maximum absolute atomic E-state index is 12.7. The van der Waals surface area contributed by atoms with Crippen molar-refractivity contribution in [1.29, 1.82) is 0 Å². The summed E-state index contributed by atoms with van der Waals surface area (Å²) in [6.07, 6.45) is 7.49. The number of carboxylic acids is 1. The zero-order valence-electron chi connectivity index (χ0n) is 10.7. The molecule has 104 valence electrons. The van der Waals surface area contributed by atoms with E-state index in [1.54, 1.807) is 0 Å². The summed E-state index contributed by atoms with van der Waals surface area (Å²) in [6.45, 7) is 0.286. The number of hydrogen-bond donors (Lipinski definition) is 2. The summed E-state index contributed by atoms with van der Waals surface area (Å²) < 4.78 is 12.7. The Kier molecular flexibility index (Phi) is 4.29. The lowest BCUT2D eigenvalue weighted by atomic mass is 9.80. The normalized spacial score (nSPS) is 18.6. The van der Waals surface area contributed by atoms with Crippen molar-refractivity contribution in [2.75, 3.05) is 11.9 Å². The van der Waals surface area contributed by atoms with Gasteiger partial charge in [-0.25, -0.2) is 14.4 Å². The quantitative estimate of drug-likeness (QED) is 0.819. The topological polar surface area (TPSA) is 75.1 Å². The van der Waals surface area contributed by atoms with Crippen LogP contribution in [0.5, 0.6) is 0 Å². The fourth-order valence-corrected chi connectivity index (χ4v) is 2.52. The molecule has 0 amide bonds. The first-order valence-corrected chi connectivity index (χ1v) is 6.57. The lowest BCUT2D eigenvalue weighted by Crippen LogP contribution is -2.37. The molecule has 1 heterocycles. The summed E-state index contributed by atoms with van der Waals surface area (Å²) in [5, 5.41) is 12.4. The van der Waals surface area contributed by atoms with Crippen molar-refractivity contribution < 1.29 is 14.3 Å². The van der Waals surface area contributed by atoms with Crippen molar-refractivity contribution in [1.82, 2.24) is 9.97 Å². The number of nitrogens with zero attached hydrogens (tertiary/aromatic N) is 2. The molecule has 0 spiro atoms. The summed E-state index contributed by atoms with van der Waals surface area (Å²) >= 11 is 0. The maximum atomic E-state index is 12.7. The number of halogens is 1. The molecule has 1 aromatic heterocycles. The van der Waals surface area contributed by atoms with E-state index in [1.165, 1.54) is 0 Å². The van der Waals surface area contributed by atoms with Crippen LogP contribution >= 0.6 is 0 Å². The van der Waals surface area contributed by atoms with Gasteiger partial charge in [0.2, 0.25) is 5.95 Å². The highest BCUT2D eigenvalue weighted by Gasteiger charge is 2.38. The minimum atomic E-state index is -0.774. The molecule has 0 saturated heterocycles. The first-order valence-electron chi connectivity index (χ1n) is 6.57. The second kappa shape index (κ2) is 5.95. The summed E-state index contributed by atoms with van der Waals surface area (Å²) in [5.41, 5.74) is -0.756. The molecule has 1 aliphatic rings. The second-order valence-electron chi connectivity index (χ2n) is 5.08. The number of nitrogens with one attached hydrogen (secondary N) is 1. The number of carboxylic acid groups (broad SMARTS) is 1. The van der Waals surface area contributed by atoms with E-state index in [0.29, 0.717) is 12.8 Å². The molecule has 1 aromatic rings. The standard InChI is InChI=1S/C13H18FN3O2/c14-10-7-15-12(16-8-10)17-9-13(11(18)19)5-3-1-2-4-6-13/h7-8H,1-6,9H2,(H,18,19)(H,15,16,17). The molecule has 1 saturated carbocycles. The molecule has 0 aliphatic heterocycles. The third kappa shape index (κ3) is 3.39. The first kappa shape index (κ1) is 13.7. The average Bonchev–Trinajstić information content (AvgIpc) is 2.65. The van der Waals surface area contributed by atoms with Gasteiger partial charge in [-0.1, -0.05) is 25.7 Å². The van der Waals surface area contributed by atoms with Gasteiger partial charge in [-0.15, -0.1) is 0 Å². The number of anilines is 1. The molecule has 0 aromatic carbocycles. The Morgan fingerprint density at radius 1 is 1.26 bits per heavy atom. The molecule has 1 fully saturated rings. The van der Waals surface area contributed by atoms with Crippen molar-refractivity contribution in [2.24, 2.45) is 5.41 Å². The molecule has 2 rings (SSSR count). The number of aromatic nitrogens is 2. The summed E-state index contributed by atoms with van der Waals surface area (Å²) in [6, 6.07) is 0. The Hall–Kier alpha value is -1.72. The van der Waals surface area contributed by atoms with Crippen LogP contribution in [0.15, 0.2) is 12.4 Å². The summed E-state index contributed by atoms with van der Waals surface area (Å²) in [7, 11) is 0. The van der Waals surface area contributed by atoms with Crippen LogP contribution in [-0.4, -0.2) is 27.6 Å². The smallest absolute Gasteiger partial charge is 0.311 e. The predicted molar refractivity (Wildman–Crippen MR) is 68.3 cm³/mol. The zero-order valence-corrected chi connectivity index (χ0v) is 10.7. The van der Waals surface area contributed by atoms with E-state index in [-0.39, 0.29) is 12.5 Å². The van der Waals surface area contributed by atoms with Gasteiger partial charge < -0.3 is 10.4 Å². The van der Waals surface area contributed by atoms with E-state index in [2.05, 4.69) is 15.3 Å². The number of aliphatic carboxylic acids is 1. The molecule has 2 N–H and O–H groups in total. The fourth-order valence-electron chi connectivity index (χ4n) is 2.52. The molecular formula is C13H18FN3O2. The SMILES string of the molecule is O=C(O)C1(CNc2ncc(F)cn2)CCCCCC1. The molecule has 0 radical (unpaired) electrons. The van der Waals surface area contributed by atoms with Crippen LogP contribution in [0, 0.1) is 11.2 Å². The van der Waals surface area contributed by atoms with E-state index in [0.717, 1.165) is 38.1 Å². The van der Waals surface area contributed by atoms with Gasteiger partial charge in [0.1, 0.15) is 0 Å². The van der Waals surface area contributed by atoms with Gasteiger partial charge in [0.15, 0.2) is 5.82 Å². The number of rotatable bonds is 4. The Morgan fingerprint density at radius 2 is 1.84 bits per heavy atom. The highest BCUT2D eigenvalue weighted by atomic mass is 19.1. The Balaban J connectivity index is 2.04. The van der Waals surface area contributed by atoms with E-state index >= 15 is 0 Å². The van der Waals surface area contributed by atoms with Crippen LogP contribution in [0.2, 0.25) is 0 Å². The highest BCUT2D eigenvalue weighted by molar-refractivity contribution is 5.75. The van der Waals surface area contributed by atoms with Crippen LogP contribution in [0.1, 0.15) is 38.5 Å². The molecule has 5 nitrogen and oxygen atoms in total. The third-order valence-electron chi connectivity index (χ3n) is 3.72. The van der Waals surface area contributed by atoms with Crippen molar-refractivity contribution in [2.45, 2.75) is 38.5 Å². The molecule has 0 unspecified atom stereocenters. The molecular weight excluding hydrogens is 249 g/mol. The Morgan fingerprint density at radius 3 is 2.37 bits per heavy atom. The molecule has 0 atom stereocenters. The van der Waals surface area contributed by atoms with Crippen molar-refractivity contribution in [3.05, 3.63) is 18.2 Å². The summed E-state index contributed by atoms with van der Waals surface area (Å²) in [4.78, 5) is 19.1. The number of hydrogen-bond acceptors (Lipinski definition) is 4. The van der Waals surface area contributed by atoms with Gasteiger partial charge in [-0.2, -0.15) is 0 Å². The predicted octanol–water partition coefficient (Wildman–Crippen LogP) is 2.45. The minimum absolute atomic E-state index is 0.270. The zero-order chi connectivity index (χ0) is 13.7. The van der Waals surface area contributed by atoms with Gasteiger partial charge in [-0.05, 0) is 12.8 Å². The van der Waals surface area contributed by atoms with Gasteiger partial charge >= 0.3 is 5.97 Å². The van der Waals surface area contributed by atoms with E-state index in [4.69, 9.17) is 0 Å². The fraction of sp³-hybridized carbons (Fsp3) is 0.615. The van der Waals surface area contributed by atoms with Crippen LogP contribution in [0.4, 0.5) is 10.3 Å². The van der Waals surface area contributed by atoms with E-state index < -0.39 is 17.2 Å². The van der Waals surface area contributed by atoms with E-state index in [9.17, 15) is 14.3 Å². The van der Waals surface area contributed by atoms with E-state index in [1.807, 2.05) is 0 Å². The van der Waals surface area contributed by atoms with Crippen molar-refractivity contribution >= 4 is 11.9 Å². The lowest BCUT2D eigenvalue weighted by molar-refractivity contribution is -0.149. The van der Waals surface area contributed by atoms with Crippen LogP contribution in [-0.2, 0) is 4.79 Å². The Labute approximate surface area is 111 Å². The molecule has 0 bridgehead atoms. The highest BCUT2D eigenvalue weighted by Crippen LogP contribution is 2.35. The van der Waals surface area contributed by atoms with Crippen LogP contribution in [0.25, 0.3) is 0 Å². The maximum Gasteiger partial charge on any atom is 0.311 e. The molecule has 1 aliphatic carbocycles. The lowest BCUT2D eigenvalue weighted by Gasteiger charge is -2.28. The monoisotopic (exact) mass is 267 g/mol. The largest absolute Gasteiger partial charge is 0.481 e. The second-order valence-corrected chi connectivity index (χ2v) is 5.08. The minimum Gasteiger partial charge on any atom is -0.481 e. The molecule has 19 heavy (non-hydrogen) atoms. The first-order chi connectivity index (χ1) is 9.12. The third-order valence-corrected chi connectivity index (χ3v) is 3.72. The van der Waals surface area contributed by atoms with Gasteiger partial charge in [0, 0.05) is 6.54 Å². The average molecular weight is 267 g/mol. The summed E-state index contributed by atoms with van der Waals surface area (Å²) in [5.74, 6) is -1.01. The van der Waals surface area contributed by atoms with Gasteiger partial charge in [0.05, 0.1) is 17.8 Å². The van der Waals surface area contributed by atoms with Gasteiger partial charge in [0.25, 0.3) is 0 Å². The molecule has 6 heteroatoms. The van der Waals surface area contributed by atoms with Crippen LogP contribution < -0.4 is 5.32 Å². The van der Waals surface area contributed by atoms with Crippen molar-refractivity contribution in [3.63, 3.8) is 0 Å².